The fourth-order valence-corrected chi connectivity index (χ4v) is 1.67. The summed E-state index contributed by atoms with van der Waals surface area (Å²) in [7, 11) is 0. The van der Waals surface area contributed by atoms with E-state index in [2.05, 4.69) is 24.6 Å². The number of aromatic nitrogens is 1. The average molecular weight is 195 g/mol. The lowest BCUT2D eigenvalue weighted by Gasteiger charge is -2.12. The fraction of sp³-hybridized carbons (Fsp3) is 0.667. The number of aliphatic hydroxyl groups is 1. The van der Waals surface area contributed by atoms with Crippen molar-refractivity contribution in [3.05, 3.63) is 24.0 Å². The van der Waals surface area contributed by atoms with Crippen LogP contribution in [0.3, 0.4) is 0 Å². The van der Waals surface area contributed by atoms with Crippen LogP contribution in [0.1, 0.15) is 45.3 Å². The van der Waals surface area contributed by atoms with Crippen molar-refractivity contribution < 1.29 is 5.11 Å². The van der Waals surface area contributed by atoms with E-state index >= 15 is 0 Å². The summed E-state index contributed by atoms with van der Waals surface area (Å²) in [5, 5.41) is 9.37. The van der Waals surface area contributed by atoms with E-state index in [0.717, 1.165) is 18.0 Å². The molecule has 0 radical (unpaired) electrons. The summed E-state index contributed by atoms with van der Waals surface area (Å²) in [6.45, 7) is 7.33. The maximum atomic E-state index is 9.37. The molecule has 1 aromatic rings. The third kappa shape index (κ3) is 2.88. The Balaban J connectivity index is 2.58. The molecule has 1 heterocycles. The van der Waals surface area contributed by atoms with Crippen molar-refractivity contribution in [2.45, 2.75) is 46.3 Å². The summed E-state index contributed by atoms with van der Waals surface area (Å²) in [6.07, 6.45) is 6.19. The molecule has 0 aliphatic rings. The van der Waals surface area contributed by atoms with Gasteiger partial charge in [0.1, 0.15) is 0 Å². The Bertz CT molecular complexity index is 261. The standard InChI is InChI=1S/C12H21NO/c1-4-11(5-2)8-13-7-6-12(9-13)10(3)14/h6-7,9-11,14H,4-5,8H2,1-3H3. The SMILES string of the molecule is CCC(CC)Cn1ccc(C(C)O)c1. The van der Waals surface area contributed by atoms with Crippen LogP contribution >= 0.6 is 0 Å². The Hall–Kier alpha value is -0.760. The van der Waals surface area contributed by atoms with Crippen molar-refractivity contribution in [1.82, 2.24) is 4.57 Å². The summed E-state index contributed by atoms with van der Waals surface area (Å²) >= 11 is 0. The first-order chi connectivity index (χ1) is 6.67. The molecule has 2 heteroatoms. The first-order valence-corrected chi connectivity index (χ1v) is 5.51. The van der Waals surface area contributed by atoms with E-state index in [1.807, 2.05) is 12.3 Å². The lowest BCUT2D eigenvalue weighted by molar-refractivity contribution is 0.199. The Kier molecular flexibility index (Phi) is 4.21. The molecule has 1 N–H and O–H groups in total. The maximum Gasteiger partial charge on any atom is 0.0776 e. The van der Waals surface area contributed by atoms with E-state index in [1.54, 1.807) is 6.92 Å². The van der Waals surface area contributed by atoms with Crippen LogP contribution in [0, 0.1) is 5.92 Å². The highest BCUT2D eigenvalue weighted by atomic mass is 16.3. The van der Waals surface area contributed by atoms with Gasteiger partial charge in [-0.3, -0.25) is 0 Å². The third-order valence-corrected chi connectivity index (χ3v) is 2.88. The topological polar surface area (TPSA) is 25.2 Å². The van der Waals surface area contributed by atoms with Gasteiger partial charge < -0.3 is 9.67 Å². The molecule has 0 bridgehead atoms. The van der Waals surface area contributed by atoms with Crippen molar-refractivity contribution in [2.24, 2.45) is 5.92 Å². The van der Waals surface area contributed by atoms with Crippen molar-refractivity contribution >= 4 is 0 Å². The third-order valence-electron chi connectivity index (χ3n) is 2.88. The first kappa shape index (κ1) is 11.3. The minimum Gasteiger partial charge on any atom is -0.389 e. The Labute approximate surface area is 86.6 Å². The summed E-state index contributed by atoms with van der Waals surface area (Å²) in [6, 6.07) is 1.99. The molecule has 0 amide bonds. The second-order valence-electron chi connectivity index (χ2n) is 4.00. The van der Waals surface area contributed by atoms with Gasteiger partial charge in [0.15, 0.2) is 0 Å². The Morgan fingerprint density at radius 2 is 2.00 bits per heavy atom. The number of nitrogens with zero attached hydrogens (tertiary/aromatic N) is 1. The molecule has 0 fully saturated rings. The van der Waals surface area contributed by atoms with Gasteiger partial charge in [-0.2, -0.15) is 0 Å². The van der Waals surface area contributed by atoms with Crippen LogP contribution in [0.2, 0.25) is 0 Å². The van der Waals surface area contributed by atoms with Crippen LogP contribution in [0.4, 0.5) is 0 Å². The zero-order chi connectivity index (χ0) is 10.6. The fourth-order valence-electron chi connectivity index (χ4n) is 1.67. The van der Waals surface area contributed by atoms with Crippen LogP contribution in [0.5, 0.6) is 0 Å². The largest absolute Gasteiger partial charge is 0.389 e. The molecule has 14 heavy (non-hydrogen) atoms. The minimum absolute atomic E-state index is 0.349. The zero-order valence-corrected chi connectivity index (χ0v) is 9.40. The van der Waals surface area contributed by atoms with E-state index in [4.69, 9.17) is 0 Å². The molecule has 1 unspecified atom stereocenters. The smallest absolute Gasteiger partial charge is 0.0776 e. The molecule has 1 rings (SSSR count). The van der Waals surface area contributed by atoms with Gasteiger partial charge in [-0.25, -0.2) is 0 Å². The van der Waals surface area contributed by atoms with Crippen molar-refractivity contribution in [3.63, 3.8) is 0 Å². The van der Waals surface area contributed by atoms with E-state index in [-0.39, 0.29) is 6.10 Å². The highest BCUT2D eigenvalue weighted by Crippen LogP contribution is 2.15. The van der Waals surface area contributed by atoms with Gasteiger partial charge in [0.2, 0.25) is 0 Å². The molecule has 0 aliphatic heterocycles. The van der Waals surface area contributed by atoms with E-state index in [0.29, 0.717) is 0 Å². The molecule has 1 aromatic heterocycles. The van der Waals surface area contributed by atoms with Crippen LogP contribution in [-0.2, 0) is 6.54 Å². The van der Waals surface area contributed by atoms with E-state index < -0.39 is 0 Å². The number of hydrogen-bond donors (Lipinski definition) is 1. The monoisotopic (exact) mass is 195 g/mol. The molecule has 0 aromatic carbocycles. The summed E-state index contributed by atoms with van der Waals surface area (Å²) in [5.41, 5.74) is 1.01. The highest BCUT2D eigenvalue weighted by Gasteiger charge is 2.06. The predicted octanol–water partition coefficient (Wildman–Crippen LogP) is 2.98. The molecule has 2 nitrogen and oxygen atoms in total. The highest BCUT2D eigenvalue weighted by molar-refractivity contribution is 5.12. The van der Waals surface area contributed by atoms with Gasteiger partial charge in [-0.1, -0.05) is 26.7 Å². The van der Waals surface area contributed by atoms with Crippen LogP contribution in [-0.4, -0.2) is 9.67 Å². The van der Waals surface area contributed by atoms with E-state index in [9.17, 15) is 5.11 Å². The predicted molar refractivity (Wildman–Crippen MR) is 59.1 cm³/mol. The number of aliphatic hydroxyl groups excluding tert-OH is 1. The molecular formula is C12H21NO. The lowest BCUT2D eigenvalue weighted by Crippen LogP contribution is -2.07. The van der Waals surface area contributed by atoms with Crippen LogP contribution in [0.25, 0.3) is 0 Å². The van der Waals surface area contributed by atoms with Gasteiger partial charge in [0, 0.05) is 18.9 Å². The second-order valence-corrected chi connectivity index (χ2v) is 4.00. The van der Waals surface area contributed by atoms with Crippen molar-refractivity contribution in [1.29, 1.82) is 0 Å². The van der Waals surface area contributed by atoms with Crippen LogP contribution in [0.15, 0.2) is 18.5 Å². The van der Waals surface area contributed by atoms with Crippen molar-refractivity contribution in [2.75, 3.05) is 0 Å². The lowest BCUT2D eigenvalue weighted by atomic mass is 10.0. The van der Waals surface area contributed by atoms with Crippen molar-refractivity contribution in [3.8, 4) is 0 Å². The molecule has 0 saturated heterocycles. The number of rotatable bonds is 5. The summed E-state index contributed by atoms with van der Waals surface area (Å²) in [4.78, 5) is 0. The first-order valence-electron chi connectivity index (χ1n) is 5.51. The summed E-state index contributed by atoms with van der Waals surface area (Å²) < 4.78 is 2.18. The molecule has 0 saturated carbocycles. The van der Waals surface area contributed by atoms with Gasteiger partial charge >= 0.3 is 0 Å². The van der Waals surface area contributed by atoms with E-state index in [1.165, 1.54) is 12.8 Å². The summed E-state index contributed by atoms with van der Waals surface area (Å²) in [5.74, 6) is 0.754. The molecule has 0 aliphatic carbocycles. The Morgan fingerprint density at radius 3 is 2.43 bits per heavy atom. The normalized spacial score (nSPS) is 13.5. The minimum atomic E-state index is -0.349. The van der Waals surface area contributed by atoms with Gasteiger partial charge in [-0.05, 0) is 24.5 Å². The molecule has 1 atom stereocenters. The molecule has 80 valence electrons. The molecule has 0 spiro atoms. The average Bonchev–Trinajstić information content (AvgIpc) is 2.62. The van der Waals surface area contributed by atoms with Crippen LogP contribution < -0.4 is 0 Å². The quantitative estimate of drug-likeness (QED) is 0.767. The maximum absolute atomic E-state index is 9.37. The van der Waals surface area contributed by atoms with Gasteiger partial charge in [0.05, 0.1) is 6.10 Å². The van der Waals surface area contributed by atoms with Gasteiger partial charge in [0.25, 0.3) is 0 Å². The molecular weight excluding hydrogens is 174 g/mol. The van der Waals surface area contributed by atoms with Gasteiger partial charge in [-0.15, -0.1) is 0 Å². The Morgan fingerprint density at radius 1 is 1.36 bits per heavy atom. The second kappa shape index (κ2) is 5.20. The zero-order valence-electron chi connectivity index (χ0n) is 9.40. The number of hydrogen-bond acceptors (Lipinski definition) is 1.